The van der Waals surface area contributed by atoms with Crippen LogP contribution in [0.4, 0.5) is 5.69 Å². The van der Waals surface area contributed by atoms with Crippen molar-refractivity contribution in [2.75, 3.05) is 25.1 Å². The molecule has 1 atom stereocenters. The summed E-state index contributed by atoms with van der Waals surface area (Å²) in [5, 5.41) is 0. The Hall–Kier alpha value is -1.58. The predicted molar refractivity (Wildman–Crippen MR) is 61.3 cm³/mol. The van der Waals surface area contributed by atoms with Crippen molar-refractivity contribution >= 4 is 11.7 Å². The average molecular weight is 220 g/mol. The van der Waals surface area contributed by atoms with E-state index >= 15 is 0 Å². The first kappa shape index (κ1) is 10.9. The van der Waals surface area contributed by atoms with Crippen molar-refractivity contribution in [1.29, 1.82) is 0 Å². The second kappa shape index (κ2) is 4.51. The first-order chi connectivity index (χ1) is 7.70. The lowest BCUT2D eigenvalue weighted by Crippen LogP contribution is -2.23. The summed E-state index contributed by atoms with van der Waals surface area (Å²) < 4.78 is 4.76. The van der Waals surface area contributed by atoms with E-state index in [9.17, 15) is 4.79 Å². The normalized spacial score (nSPS) is 19.9. The number of ether oxygens (including phenoxy) is 1. The molecule has 2 rings (SSSR count). The number of aromatic nitrogens is 1. The topological polar surface area (TPSA) is 42.4 Å². The monoisotopic (exact) mass is 220 g/mol. The van der Waals surface area contributed by atoms with Crippen LogP contribution >= 0.6 is 0 Å². The number of carbonyl (C=O) groups excluding carboxylic acids is 1. The van der Waals surface area contributed by atoms with Crippen LogP contribution in [0.3, 0.4) is 0 Å². The minimum atomic E-state index is -0.103. The molecule has 2 heterocycles. The number of aryl methyl sites for hydroxylation is 1. The zero-order valence-electron chi connectivity index (χ0n) is 9.64. The van der Waals surface area contributed by atoms with Crippen LogP contribution in [0.25, 0.3) is 0 Å². The molecule has 0 saturated carbocycles. The lowest BCUT2D eigenvalue weighted by molar-refractivity contribution is -0.144. The average Bonchev–Trinajstić information content (AvgIpc) is 2.77. The highest BCUT2D eigenvalue weighted by atomic mass is 16.5. The first-order valence-corrected chi connectivity index (χ1v) is 5.46. The fourth-order valence-electron chi connectivity index (χ4n) is 2.08. The number of carbonyl (C=O) groups is 1. The lowest BCUT2D eigenvalue weighted by atomic mass is 10.1. The molecule has 0 amide bonds. The quantitative estimate of drug-likeness (QED) is 0.706. The maximum Gasteiger partial charge on any atom is 0.310 e. The summed E-state index contributed by atoms with van der Waals surface area (Å²) in [6.07, 6.45) is 2.67. The fourth-order valence-corrected chi connectivity index (χ4v) is 2.08. The Bertz CT molecular complexity index is 392. The highest BCUT2D eigenvalue weighted by molar-refractivity contribution is 5.74. The van der Waals surface area contributed by atoms with Crippen LogP contribution < -0.4 is 4.90 Å². The maximum absolute atomic E-state index is 11.4. The number of esters is 1. The van der Waals surface area contributed by atoms with E-state index in [4.69, 9.17) is 4.74 Å². The first-order valence-electron chi connectivity index (χ1n) is 5.46. The Morgan fingerprint density at radius 2 is 2.44 bits per heavy atom. The van der Waals surface area contributed by atoms with E-state index < -0.39 is 0 Å². The van der Waals surface area contributed by atoms with E-state index in [0.717, 1.165) is 30.9 Å². The van der Waals surface area contributed by atoms with Crippen LogP contribution in [-0.4, -0.2) is 31.2 Å². The molecule has 0 aliphatic carbocycles. The molecule has 0 radical (unpaired) electrons. The van der Waals surface area contributed by atoms with Gasteiger partial charge in [0.1, 0.15) is 0 Å². The van der Waals surface area contributed by atoms with Crippen LogP contribution in [0.15, 0.2) is 18.3 Å². The number of rotatable bonds is 2. The Kier molecular flexibility index (Phi) is 3.08. The van der Waals surface area contributed by atoms with Gasteiger partial charge in [-0.05, 0) is 25.5 Å². The highest BCUT2D eigenvalue weighted by Crippen LogP contribution is 2.24. The van der Waals surface area contributed by atoms with Crippen LogP contribution in [0.1, 0.15) is 12.1 Å². The van der Waals surface area contributed by atoms with E-state index in [-0.39, 0.29) is 11.9 Å². The standard InChI is InChI=1S/C12H16N2O2/c1-9-7-11(3-5-13-9)14-6-4-10(8-14)12(15)16-2/h3,5,7,10H,4,6,8H2,1-2H3. The van der Waals surface area contributed by atoms with Gasteiger partial charge < -0.3 is 9.64 Å². The van der Waals surface area contributed by atoms with Crippen molar-refractivity contribution in [3.05, 3.63) is 24.0 Å². The molecule has 1 aliphatic heterocycles. The Morgan fingerprint density at radius 1 is 1.62 bits per heavy atom. The summed E-state index contributed by atoms with van der Waals surface area (Å²) in [4.78, 5) is 17.8. The molecule has 1 aliphatic rings. The van der Waals surface area contributed by atoms with E-state index in [2.05, 4.69) is 9.88 Å². The molecule has 1 fully saturated rings. The van der Waals surface area contributed by atoms with Crippen molar-refractivity contribution in [1.82, 2.24) is 4.98 Å². The highest BCUT2D eigenvalue weighted by Gasteiger charge is 2.29. The summed E-state index contributed by atoms with van der Waals surface area (Å²) in [6.45, 7) is 3.62. The van der Waals surface area contributed by atoms with Crippen LogP contribution in [0, 0.1) is 12.8 Å². The molecule has 1 unspecified atom stereocenters. The van der Waals surface area contributed by atoms with Gasteiger partial charge in [0.05, 0.1) is 13.0 Å². The second-order valence-corrected chi connectivity index (χ2v) is 4.11. The van der Waals surface area contributed by atoms with Crippen LogP contribution in [-0.2, 0) is 9.53 Å². The van der Waals surface area contributed by atoms with Crippen molar-refractivity contribution < 1.29 is 9.53 Å². The van der Waals surface area contributed by atoms with Crippen molar-refractivity contribution in [3.63, 3.8) is 0 Å². The molecule has 0 N–H and O–H groups in total. The number of hydrogen-bond acceptors (Lipinski definition) is 4. The molecule has 4 nitrogen and oxygen atoms in total. The van der Waals surface area contributed by atoms with Gasteiger partial charge in [-0.25, -0.2) is 0 Å². The van der Waals surface area contributed by atoms with Gasteiger partial charge in [-0.15, -0.1) is 0 Å². The van der Waals surface area contributed by atoms with Gasteiger partial charge in [-0.3, -0.25) is 9.78 Å². The Morgan fingerprint density at radius 3 is 3.12 bits per heavy atom. The Labute approximate surface area is 95.2 Å². The van der Waals surface area contributed by atoms with Gasteiger partial charge in [-0.1, -0.05) is 0 Å². The molecule has 0 spiro atoms. The number of hydrogen-bond donors (Lipinski definition) is 0. The molecule has 0 aromatic carbocycles. The molecular formula is C12H16N2O2. The van der Waals surface area contributed by atoms with Crippen molar-refractivity contribution in [2.24, 2.45) is 5.92 Å². The van der Waals surface area contributed by atoms with Gasteiger partial charge in [-0.2, -0.15) is 0 Å². The summed E-state index contributed by atoms with van der Waals surface area (Å²) >= 11 is 0. The Balaban J connectivity index is 2.06. The zero-order chi connectivity index (χ0) is 11.5. The van der Waals surface area contributed by atoms with Crippen molar-refractivity contribution in [3.8, 4) is 0 Å². The molecular weight excluding hydrogens is 204 g/mol. The van der Waals surface area contributed by atoms with Gasteiger partial charge in [0.25, 0.3) is 0 Å². The zero-order valence-corrected chi connectivity index (χ0v) is 9.64. The largest absolute Gasteiger partial charge is 0.469 e. The molecule has 16 heavy (non-hydrogen) atoms. The third kappa shape index (κ3) is 2.15. The molecule has 86 valence electrons. The van der Waals surface area contributed by atoms with Gasteiger partial charge >= 0.3 is 5.97 Å². The number of methoxy groups -OCH3 is 1. The molecule has 4 heteroatoms. The van der Waals surface area contributed by atoms with E-state index in [0.29, 0.717) is 0 Å². The lowest BCUT2D eigenvalue weighted by Gasteiger charge is -2.18. The predicted octanol–water partition coefficient (Wildman–Crippen LogP) is 1.39. The minimum absolute atomic E-state index is 0.0125. The van der Waals surface area contributed by atoms with Crippen LogP contribution in [0.2, 0.25) is 0 Å². The molecule has 1 aromatic heterocycles. The minimum Gasteiger partial charge on any atom is -0.469 e. The van der Waals surface area contributed by atoms with Gasteiger partial charge in [0.15, 0.2) is 0 Å². The molecule has 0 bridgehead atoms. The maximum atomic E-state index is 11.4. The summed E-state index contributed by atoms with van der Waals surface area (Å²) in [6, 6.07) is 4.02. The van der Waals surface area contributed by atoms with Gasteiger partial charge in [0.2, 0.25) is 0 Å². The fraction of sp³-hybridized carbons (Fsp3) is 0.500. The SMILES string of the molecule is COC(=O)C1CCN(c2ccnc(C)c2)C1. The van der Waals surface area contributed by atoms with E-state index in [1.165, 1.54) is 7.11 Å². The number of pyridine rings is 1. The van der Waals surface area contributed by atoms with E-state index in [1.54, 1.807) is 6.20 Å². The van der Waals surface area contributed by atoms with Crippen LogP contribution in [0.5, 0.6) is 0 Å². The van der Waals surface area contributed by atoms with E-state index in [1.807, 2.05) is 19.1 Å². The number of nitrogens with zero attached hydrogens (tertiary/aromatic N) is 2. The summed E-state index contributed by atoms with van der Waals surface area (Å²) in [5.41, 5.74) is 2.14. The summed E-state index contributed by atoms with van der Waals surface area (Å²) in [7, 11) is 1.45. The third-order valence-corrected chi connectivity index (χ3v) is 2.97. The van der Waals surface area contributed by atoms with Crippen molar-refractivity contribution in [2.45, 2.75) is 13.3 Å². The third-order valence-electron chi connectivity index (χ3n) is 2.97. The summed E-state index contributed by atoms with van der Waals surface area (Å²) in [5.74, 6) is -0.0910. The molecule has 1 aromatic rings. The molecule has 1 saturated heterocycles. The smallest absolute Gasteiger partial charge is 0.310 e. The van der Waals surface area contributed by atoms with Gasteiger partial charge in [0, 0.05) is 30.7 Å². The second-order valence-electron chi connectivity index (χ2n) is 4.11. The number of anilines is 1.